The van der Waals surface area contributed by atoms with Crippen molar-refractivity contribution in [3.05, 3.63) is 23.7 Å². The number of aliphatic imine (C=N–C) groups is 1. The molecular weight excluding hydrogens is 192 g/mol. The van der Waals surface area contributed by atoms with Gasteiger partial charge in [0, 0.05) is 12.1 Å². The molecule has 0 saturated carbocycles. The van der Waals surface area contributed by atoms with Crippen molar-refractivity contribution in [2.75, 3.05) is 0 Å². The van der Waals surface area contributed by atoms with Crippen molar-refractivity contribution >= 4 is 6.21 Å². The Hall–Kier alpha value is -1.39. The molecule has 74 valence electrons. The Bertz CT molecular complexity index is 373. The van der Waals surface area contributed by atoms with E-state index in [1.165, 1.54) is 0 Å². The number of hydrogen-bond donors (Lipinski definition) is 0. The van der Waals surface area contributed by atoms with E-state index in [1.54, 1.807) is 18.4 Å². The summed E-state index contributed by atoms with van der Waals surface area (Å²) in [7, 11) is 0. The van der Waals surface area contributed by atoms with Gasteiger partial charge >= 0.3 is 6.29 Å². The number of halogens is 2. The predicted molar refractivity (Wildman–Crippen MR) is 43.7 cm³/mol. The van der Waals surface area contributed by atoms with Gasteiger partial charge in [-0.05, 0) is 18.6 Å². The van der Waals surface area contributed by atoms with Gasteiger partial charge in [0.15, 0.2) is 11.5 Å². The van der Waals surface area contributed by atoms with Crippen LogP contribution in [0.4, 0.5) is 8.78 Å². The normalized spacial score (nSPS) is 36.4. The summed E-state index contributed by atoms with van der Waals surface area (Å²) in [6.45, 7) is 0. The van der Waals surface area contributed by atoms with Crippen molar-refractivity contribution < 1.29 is 18.3 Å². The molecule has 0 bridgehead atoms. The topological polar surface area (TPSA) is 30.8 Å². The molecule has 0 aromatic heterocycles. The van der Waals surface area contributed by atoms with Gasteiger partial charge < -0.3 is 9.47 Å². The van der Waals surface area contributed by atoms with E-state index in [1.807, 2.05) is 0 Å². The van der Waals surface area contributed by atoms with Gasteiger partial charge in [0.05, 0.1) is 6.04 Å². The molecular formula is C9H7F2NO2. The maximum absolute atomic E-state index is 12.7. The van der Waals surface area contributed by atoms with Gasteiger partial charge in [-0.2, -0.15) is 0 Å². The Labute approximate surface area is 78.7 Å². The van der Waals surface area contributed by atoms with Crippen molar-refractivity contribution in [1.29, 1.82) is 0 Å². The Morgan fingerprint density at radius 1 is 1.29 bits per heavy atom. The fourth-order valence-corrected chi connectivity index (χ4v) is 1.85. The van der Waals surface area contributed by atoms with Crippen LogP contribution in [0.25, 0.3) is 0 Å². The monoisotopic (exact) mass is 199 g/mol. The molecule has 5 heteroatoms. The highest BCUT2D eigenvalue weighted by Gasteiger charge is 2.47. The maximum Gasteiger partial charge on any atom is 0.586 e. The van der Waals surface area contributed by atoms with Crippen LogP contribution < -0.4 is 0 Å². The van der Waals surface area contributed by atoms with Crippen LogP contribution in [0.2, 0.25) is 0 Å². The third kappa shape index (κ3) is 1.05. The molecule has 14 heavy (non-hydrogen) atoms. The summed E-state index contributed by atoms with van der Waals surface area (Å²) in [5.74, 6) is 0.392. The van der Waals surface area contributed by atoms with Crippen molar-refractivity contribution in [2.45, 2.75) is 18.8 Å². The van der Waals surface area contributed by atoms with Crippen molar-refractivity contribution in [3.63, 3.8) is 0 Å². The lowest BCUT2D eigenvalue weighted by Crippen LogP contribution is -2.14. The molecule has 3 rings (SSSR count). The zero-order valence-electron chi connectivity index (χ0n) is 7.11. The fraction of sp³-hybridized carbons (Fsp3) is 0.444. The van der Waals surface area contributed by atoms with E-state index < -0.39 is 6.29 Å². The molecule has 1 saturated heterocycles. The number of fused-ring (bicyclic) bond motifs is 2. The SMILES string of the molecule is FC1(F)OC2=CC3CC=NC3C=C2O1. The van der Waals surface area contributed by atoms with Gasteiger partial charge in [0.1, 0.15) is 0 Å². The number of nitrogens with zero attached hydrogens (tertiary/aromatic N) is 1. The largest absolute Gasteiger partial charge is 0.586 e. The zero-order chi connectivity index (χ0) is 9.76. The highest BCUT2D eigenvalue weighted by Crippen LogP contribution is 2.41. The van der Waals surface area contributed by atoms with Crippen LogP contribution in [0, 0.1) is 5.92 Å². The maximum atomic E-state index is 12.7. The van der Waals surface area contributed by atoms with E-state index in [4.69, 9.17) is 0 Å². The van der Waals surface area contributed by atoms with Crippen molar-refractivity contribution in [3.8, 4) is 0 Å². The Morgan fingerprint density at radius 2 is 2.00 bits per heavy atom. The molecule has 2 aliphatic heterocycles. The molecule has 2 heterocycles. The molecule has 1 aliphatic carbocycles. The quantitative estimate of drug-likeness (QED) is 0.595. The number of rotatable bonds is 0. The minimum absolute atomic E-state index is 0.0637. The Morgan fingerprint density at radius 3 is 2.79 bits per heavy atom. The summed E-state index contributed by atoms with van der Waals surface area (Å²) in [5.41, 5.74) is 0. The summed E-state index contributed by atoms with van der Waals surface area (Å²) in [4.78, 5) is 4.14. The number of ether oxygens (including phenoxy) is 2. The van der Waals surface area contributed by atoms with Crippen molar-refractivity contribution in [1.82, 2.24) is 0 Å². The van der Waals surface area contributed by atoms with E-state index in [0.717, 1.165) is 6.42 Å². The predicted octanol–water partition coefficient (Wildman–Crippen LogP) is 1.82. The molecule has 0 amide bonds. The highest BCUT2D eigenvalue weighted by molar-refractivity contribution is 5.63. The molecule has 0 aromatic rings. The van der Waals surface area contributed by atoms with Crippen molar-refractivity contribution in [2.24, 2.45) is 10.9 Å². The summed E-state index contributed by atoms with van der Waals surface area (Å²) < 4.78 is 34.0. The molecule has 3 aliphatic rings. The van der Waals surface area contributed by atoms with E-state index in [9.17, 15) is 8.78 Å². The lowest BCUT2D eigenvalue weighted by atomic mass is 9.94. The average molecular weight is 199 g/mol. The molecule has 3 nitrogen and oxygen atoms in total. The van der Waals surface area contributed by atoms with Gasteiger partial charge in [0.2, 0.25) is 0 Å². The van der Waals surface area contributed by atoms with Gasteiger partial charge in [0.25, 0.3) is 0 Å². The van der Waals surface area contributed by atoms with Crippen LogP contribution in [0.3, 0.4) is 0 Å². The van der Waals surface area contributed by atoms with Gasteiger partial charge in [-0.15, -0.1) is 8.78 Å². The van der Waals surface area contributed by atoms with Gasteiger partial charge in [-0.3, -0.25) is 4.99 Å². The van der Waals surface area contributed by atoms with E-state index >= 15 is 0 Å². The lowest BCUT2D eigenvalue weighted by Gasteiger charge is -2.15. The molecule has 2 atom stereocenters. The van der Waals surface area contributed by atoms with E-state index in [0.29, 0.717) is 0 Å². The molecule has 0 radical (unpaired) electrons. The molecule has 0 spiro atoms. The molecule has 0 N–H and O–H groups in total. The summed E-state index contributed by atoms with van der Waals surface area (Å²) >= 11 is 0. The van der Waals surface area contributed by atoms with Gasteiger partial charge in [-0.1, -0.05) is 0 Å². The fourth-order valence-electron chi connectivity index (χ4n) is 1.85. The Balaban J connectivity index is 1.97. The molecule has 1 fully saturated rings. The second-order valence-electron chi connectivity index (χ2n) is 3.45. The highest BCUT2D eigenvalue weighted by atomic mass is 19.3. The number of hydrogen-bond acceptors (Lipinski definition) is 3. The first-order valence-electron chi connectivity index (χ1n) is 4.35. The first kappa shape index (κ1) is 7.96. The lowest BCUT2D eigenvalue weighted by molar-refractivity contribution is -0.326. The van der Waals surface area contributed by atoms with Crippen LogP contribution >= 0.6 is 0 Å². The minimum atomic E-state index is -3.51. The average Bonchev–Trinajstić information content (AvgIpc) is 2.59. The standard InChI is InChI=1S/C9H7F2NO2/c10-9(11)13-7-3-5-1-2-12-6(5)4-8(7)14-9/h2-6H,1H2. The second kappa shape index (κ2) is 2.34. The summed E-state index contributed by atoms with van der Waals surface area (Å²) in [6, 6.07) is -0.0637. The first-order chi connectivity index (χ1) is 6.64. The molecule has 2 unspecified atom stereocenters. The smallest absolute Gasteiger partial charge is 0.396 e. The third-order valence-corrected chi connectivity index (χ3v) is 2.48. The number of alkyl halides is 2. The minimum Gasteiger partial charge on any atom is -0.396 e. The Kier molecular flexibility index (Phi) is 1.33. The van der Waals surface area contributed by atoms with E-state index in [-0.39, 0.29) is 23.5 Å². The van der Waals surface area contributed by atoms with Crippen LogP contribution in [-0.4, -0.2) is 18.6 Å². The zero-order valence-corrected chi connectivity index (χ0v) is 7.11. The van der Waals surface area contributed by atoms with Crippen LogP contribution in [0.15, 0.2) is 28.7 Å². The van der Waals surface area contributed by atoms with Crippen LogP contribution in [-0.2, 0) is 9.47 Å². The van der Waals surface area contributed by atoms with Crippen LogP contribution in [0.5, 0.6) is 0 Å². The first-order valence-corrected chi connectivity index (χ1v) is 4.35. The molecule has 0 aromatic carbocycles. The summed E-state index contributed by atoms with van der Waals surface area (Å²) in [6.07, 6.45) is 2.30. The van der Waals surface area contributed by atoms with Gasteiger partial charge in [-0.25, -0.2) is 0 Å². The second-order valence-corrected chi connectivity index (χ2v) is 3.45. The van der Waals surface area contributed by atoms with Crippen LogP contribution in [0.1, 0.15) is 6.42 Å². The van der Waals surface area contributed by atoms with E-state index in [2.05, 4.69) is 14.5 Å². The third-order valence-electron chi connectivity index (χ3n) is 2.48. The summed E-state index contributed by atoms with van der Waals surface area (Å²) in [5, 5.41) is 0.